The van der Waals surface area contributed by atoms with Crippen molar-refractivity contribution in [2.75, 3.05) is 18.9 Å². The van der Waals surface area contributed by atoms with Gasteiger partial charge >= 0.3 is 0 Å². The molecule has 0 spiro atoms. The number of nitrogens with two attached hydrogens (primary N) is 1. The van der Waals surface area contributed by atoms with Gasteiger partial charge in [0.15, 0.2) is 0 Å². The number of ether oxygens (including phenoxy) is 1. The van der Waals surface area contributed by atoms with Crippen molar-refractivity contribution in [2.24, 2.45) is 0 Å². The number of rotatable bonds is 1. The van der Waals surface area contributed by atoms with Gasteiger partial charge in [-0.3, -0.25) is 10.1 Å². The molecule has 2 rings (SSSR count). The van der Waals surface area contributed by atoms with Crippen molar-refractivity contribution in [1.82, 2.24) is 0 Å². The highest BCUT2D eigenvalue weighted by Crippen LogP contribution is 2.27. The van der Waals surface area contributed by atoms with E-state index in [0.29, 0.717) is 13.2 Å². The molecule has 0 aromatic heterocycles. The zero-order valence-corrected chi connectivity index (χ0v) is 8.23. The van der Waals surface area contributed by atoms with Crippen LogP contribution in [0.3, 0.4) is 0 Å². The predicted molar refractivity (Wildman–Crippen MR) is 55.7 cm³/mol. The number of fused-ring (bicyclic) bond motifs is 1. The van der Waals surface area contributed by atoms with Crippen LogP contribution >= 0.6 is 0 Å². The van der Waals surface area contributed by atoms with E-state index < -0.39 is 4.92 Å². The quantitative estimate of drug-likeness (QED) is 0.428. The molecule has 0 unspecified atom stereocenters. The maximum Gasteiger partial charge on any atom is 0.292 e. The molecular formula is C10H12N2O3. The fraction of sp³-hybridized carbons (Fsp3) is 0.400. The standard InChI is InChI=1S/C10H12N2O3/c11-9-5-7-1-3-15-4-2-8(7)6-10(9)12(13)14/h5-6H,1-4,11H2. The molecule has 1 aliphatic heterocycles. The molecule has 0 radical (unpaired) electrons. The third kappa shape index (κ3) is 1.92. The number of nitro benzene ring substituents is 1. The van der Waals surface area contributed by atoms with E-state index in [4.69, 9.17) is 10.5 Å². The number of nitro groups is 1. The van der Waals surface area contributed by atoms with Crippen molar-refractivity contribution < 1.29 is 9.66 Å². The van der Waals surface area contributed by atoms with Crippen molar-refractivity contribution >= 4 is 11.4 Å². The Kier molecular flexibility index (Phi) is 2.55. The Labute approximate surface area is 87.0 Å². The van der Waals surface area contributed by atoms with Crippen molar-refractivity contribution in [1.29, 1.82) is 0 Å². The highest BCUT2D eigenvalue weighted by atomic mass is 16.6. The van der Waals surface area contributed by atoms with Gasteiger partial charge in [-0.25, -0.2) is 0 Å². The van der Waals surface area contributed by atoms with Gasteiger partial charge in [0.05, 0.1) is 18.1 Å². The minimum absolute atomic E-state index is 0.00403. The number of nitrogens with zero attached hydrogens (tertiary/aromatic N) is 1. The molecule has 0 aliphatic carbocycles. The molecular weight excluding hydrogens is 196 g/mol. The first-order valence-corrected chi connectivity index (χ1v) is 4.82. The van der Waals surface area contributed by atoms with Crippen LogP contribution in [0.2, 0.25) is 0 Å². The lowest BCUT2D eigenvalue weighted by Crippen LogP contribution is -2.01. The highest BCUT2D eigenvalue weighted by Gasteiger charge is 2.17. The van der Waals surface area contributed by atoms with Crippen LogP contribution in [0.15, 0.2) is 12.1 Å². The van der Waals surface area contributed by atoms with Crippen molar-refractivity contribution in [3.05, 3.63) is 33.4 Å². The molecule has 0 saturated heterocycles. The van der Waals surface area contributed by atoms with E-state index in [1.54, 1.807) is 12.1 Å². The molecule has 5 nitrogen and oxygen atoms in total. The van der Waals surface area contributed by atoms with Crippen LogP contribution in [0.4, 0.5) is 11.4 Å². The summed E-state index contributed by atoms with van der Waals surface area (Å²) in [5, 5.41) is 10.7. The largest absolute Gasteiger partial charge is 0.393 e. The summed E-state index contributed by atoms with van der Waals surface area (Å²) in [6, 6.07) is 3.27. The average molecular weight is 208 g/mol. The van der Waals surface area contributed by atoms with Gasteiger partial charge in [0.1, 0.15) is 5.69 Å². The third-order valence-electron chi connectivity index (χ3n) is 2.58. The van der Waals surface area contributed by atoms with Crippen molar-refractivity contribution in [3.63, 3.8) is 0 Å². The number of benzene rings is 1. The van der Waals surface area contributed by atoms with E-state index in [0.717, 1.165) is 24.0 Å². The molecule has 0 bridgehead atoms. The van der Waals surface area contributed by atoms with Crippen LogP contribution in [-0.4, -0.2) is 18.1 Å². The lowest BCUT2D eigenvalue weighted by molar-refractivity contribution is -0.384. The Morgan fingerprint density at radius 3 is 2.47 bits per heavy atom. The molecule has 0 saturated carbocycles. The lowest BCUT2D eigenvalue weighted by atomic mass is 10.0. The van der Waals surface area contributed by atoms with Crippen LogP contribution in [0.1, 0.15) is 11.1 Å². The molecule has 1 heterocycles. The second-order valence-electron chi connectivity index (χ2n) is 3.55. The maximum absolute atomic E-state index is 10.7. The first-order chi connectivity index (χ1) is 7.18. The Balaban J connectivity index is 2.47. The van der Waals surface area contributed by atoms with E-state index in [1.165, 1.54) is 0 Å². The lowest BCUT2D eigenvalue weighted by Gasteiger charge is -2.06. The van der Waals surface area contributed by atoms with E-state index in [9.17, 15) is 10.1 Å². The van der Waals surface area contributed by atoms with Crippen molar-refractivity contribution in [2.45, 2.75) is 12.8 Å². The zero-order valence-electron chi connectivity index (χ0n) is 8.23. The van der Waals surface area contributed by atoms with Gasteiger partial charge in [-0.1, -0.05) is 0 Å². The summed E-state index contributed by atoms with van der Waals surface area (Å²) in [5.41, 5.74) is 7.89. The average Bonchev–Trinajstić information content (AvgIpc) is 2.40. The number of hydrogen-bond acceptors (Lipinski definition) is 4. The van der Waals surface area contributed by atoms with E-state index >= 15 is 0 Å². The second-order valence-corrected chi connectivity index (χ2v) is 3.55. The van der Waals surface area contributed by atoms with Crippen molar-refractivity contribution in [3.8, 4) is 0 Å². The summed E-state index contributed by atoms with van der Waals surface area (Å²) >= 11 is 0. The Bertz CT molecular complexity index is 404. The first kappa shape index (κ1) is 9.92. The molecule has 80 valence electrons. The predicted octanol–water partition coefficient (Wildman–Crippen LogP) is 1.29. The molecule has 1 aromatic rings. The summed E-state index contributed by atoms with van der Waals surface area (Å²) < 4.78 is 5.31. The molecule has 15 heavy (non-hydrogen) atoms. The van der Waals surface area contributed by atoms with Gasteiger partial charge in [0.2, 0.25) is 0 Å². The summed E-state index contributed by atoms with van der Waals surface area (Å²) in [6.45, 7) is 1.28. The molecule has 5 heteroatoms. The summed E-state index contributed by atoms with van der Waals surface area (Å²) in [6.07, 6.45) is 1.49. The number of hydrogen-bond donors (Lipinski definition) is 1. The molecule has 0 amide bonds. The van der Waals surface area contributed by atoms with E-state index in [-0.39, 0.29) is 11.4 Å². The second kappa shape index (κ2) is 3.86. The molecule has 0 fully saturated rings. The molecule has 0 atom stereocenters. The van der Waals surface area contributed by atoms with E-state index in [1.807, 2.05) is 0 Å². The molecule has 1 aromatic carbocycles. The fourth-order valence-corrected chi connectivity index (χ4v) is 1.79. The minimum atomic E-state index is -0.443. The van der Waals surface area contributed by atoms with Crippen LogP contribution in [0.25, 0.3) is 0 Å². The number of nitrogen functional groups attached to an aromatic ring is 1. The summed E-state index contributed by atoms with van der Waals surface area (Å²) in [4.78, 5) is 10.2. The van der Waals surface area contributed by atoms with Gasteiger partial charge in [-0.2, -0.15) is 0 Å². The first-order valence-electron chi connectivity index (χ1n) is 4.82. The fourth-order valence-electron chi connectivity index (χ4n) is 1.79. The van der Waals surface area contributed by atoms with Gasteiger partial charge in [0.25, 0.3) is 5.69 Å². The zero-order chi connectivity index (χ0) is 10.8. The summed E-state index contributed by atoms with van der Waals surface area (Å²) in [7, 11) is 0. The van der Waals surface area contributed by atoms with Crippen LogP contribution in [-0.2, 0) is 17.6 Å². The Hall–Kier alpha value is -1.62. The smallest absolute Gasteiger partial charge is 0.292 e. The van der Waals surface area contributed by atoms with E-state index in [2.05, 4.69) is 0 Å². The SMILES string of the molecule is Nc1cc2c(cc1[N+](=O)[O-])CCOCC2. The molecule has 1 aliphatic rings. The Morgan fingerprint density at radius 2 is 1.87 bits per heavy atom. The van der Waals surface area contributed by atoms with Crippen LogP contribution < -0.4 is 5.73 Å². The third-order valence-corrected chi connectivity index (χ3v) is 2.58. The number of anilines is 1. The minimum Gasteiger partial charge on any atom is -0.393 e. The molecule has 2 N–H and O–H groups in total. The van der Waals surface area contributed by atoms with Gasteiger partial charge in [-0.05, 0) is 30.0 Å². The van der Waals surface area contributed by atoms with Crippen LogP contribution in [0, 0.1) is 10.1 Å². The topological polar surface area (TPSA) is 78.4 Å². The van der Waals surface area contributed by atoms with Gasteiger partial charge in [-0.15, -0.1) is 0 Å². The monoisotopic (exact) mass is 208 g/mol. The van der Waals surface area contributed by atoms with Gasteiger partial charge in [0, 0.05) is 6.07 Å². The Morgan fingerprint density at radius 1 is 1.27 bits per heavy atom. The summed E-state index contributed by atoms with van der Waals surface area (Å²) in [5.74, 6) is 0. The van der Waals surface area contributed by atoms with Crippen LogP contribution in [0.5, 0.6) is 0 Å². The highest BCUT2D eigenvalue weighted by molar-refractivity contribution is 5.61. The normalized spacial score (nSPS) is 15.5. The van der Waals surface area contributed by atoms with Gasteiger partial charge < -0.3 is 10.5 Å². The maximum atomic E-state index is 10.7.